The Hall–Kier alpha value is -3.06. The Morgan fingerprint density at radius 2 is 1.61 bits per heavy atom. The lowest BCUT2D eigenvalue weighted by Crippen LogP contribution is -2.46. The summed E-state index contributed by atoms with van der Waals surface area (Å²) in [6, 6.07) is 16.5. The summed E-state index contributed by atoms with van der Waals surface area (Å²) in [4.78, 5) is 6.64. The molecule has 0 amide bonds. The molecule has 3 aromatic rings. The maximum absolute atomic E-state index is 5.91. The van der Waals surface area contributed by atoms with Crippen LogP contribution >= 0.6 is 0 Å². The minimum atomic E-state index is 0.678. The van der Waals surface area contributed by atoms with E-state index in [0.29, 0.717) is 6.54 Å². The molecule has 2 aromatic carbocycles. The SMILES string of the molecule is COc1ccccc1N1CCN(CCCCOc2ccc(Cn3nccn3)cc2)CC1. The highest BCUT2D eigenvalue weighted by atomic mass is 16.5. The number of unbranched alkanes of at least 4 members (excludes halogenated alkanes) is 1. The zero-order chi connectivity index (χ0) is 21.3. The van der Waals surface area contributed by atoms with Gasteiger partial charge in [0.25, 0.3) is 0 Å². The first-order valence-electron chi connectivity index (χ1n) is 11.0. The Morgan fingerprint density at radius 1 is 0.871 bits per heavy atom. The number of piperazine rings is 1. The van der Waals surface area contributed by atoms with Gasteiger partial charge in [0.15, 0.2) is 0 Å². The van der Waals surface area contributed by atoms with E-state index in [1.165, 1.54) is 5.69 Å². The molecule has 1 aromatic heterocycles. The van der Waals surface area contributed by atoms with Crippen LogP contribution in [0.25, 0.3) is 0 Å². The number of hydrogen-bond acceptors (Lipinski definition) is 6. The molecule has 164 valence electrons. The Bertz CT molecular complexity index is 906. The van der Waals surface area contributed by atoms with Crippen LogP contribution in [0.15, 0.2) is 60.9 Å². The van der Waals surface area contributed by atoms with E-state index in [1.807, 2.05) is 24.3 Å². The number of benzene rings is 2. The van der Waals surface area contributed by atoms with E-state index in [9.17, 15) is 0 Å². The lowest BCUT2D eigenvalue weighted by Gasteiger charge is -2.36. The minimum Gasteiger partial charge on any atom is -0.495 e. The molecule has 0 atom stereocenters. The van der Waals surface area contributed by atoms with Gasteiger partial charge in [-0.1, -0.05) is 24.3 Å². The van der Waals surface area contributed by atoms with Gasteiger partial charge in [0.05, 0.1) is 38.3 Å². The lowest BCUT2D eigenvalue weighted by molar-refractivity contribution is 0.238. The summed E-state index contributed by atoms with van der Waals surface area (Å²) >= 11 is 0. The van der Waals surface area contributed by atoms with Crippen molar-refractivity contribution >= 4 is 5.69 Å². The number of ether oxygens (including phenoxy) is 2. The topological polar surface area (TPSA) is 55.7 Å². The molecule has 0 N–H and O–H groups in total. The number of aromatic nitrogens is 3. The average Bonchev–Trinajstić information content (AvgIpc) is 3.33. The van der Waals surface area contributed by atoms with Crippen molar-refractivity contribution < 1.29 is 9.47 Å². The van der Waals surface area contributed by atoms with E-state index in [0.717, 1.165) is 69.2 Å². The number of methoxy groups -OCH3 is 1. The van der Waals surface area contributed by atoms with Crippen molar-refractivity contribution in [3.8, 4) is 11.5 Å². The van der Waals surface area contributed by atoms with Gasteiger partial charge in [0.1, 0.15) is 11.5 Å². The molecule has 0 spiro atoms. The molecule has 1 aliphatic rings. The fourth-order valence-corrected chi connectivity index (χ4v) is 3.91. The molecule has 0 saturated carbocycles. The van der Waals surface area contributed by atoms with Crippen molar-refractivity contribution in [2.75, 3.05) is 51.3 Å². The van der Waals surface area contributed by atoms with Gasteiger partial charge in [0, 0.05) is 26.2 Å². The predicted molar refractivity (Wildman–Crippen MR) is 122 cm³/mol. The minimum absolute atomic E-state index is 0.678. The van der Waals surface area contributed by atoms with Crippen molar-refractivity contribution in [1.29, 1.82) is 0 Å². The van der Waals surface area contributed by atoms with Gasteiger partial charge in [-0.3, -0.25) is 4.90 Å². The van der Waals surface area contributed by atoms with Gasteiger partial charge in [-0.2, -0.15) is 15.0 Å². The van der Waals surface area contributed by atoms with Gasteiger partial charge in [-0.25, -0.2) is 0 Å². The summed E-state index contributed by atoms with van der Waals surface area (Å²) in [5.74, 6) is 1.88. The quantitative estimate of drug-likeness (QED) is 0.468. The van der Waals surface area contributed by atoms with Crippen LogP contribution in [0, 0.1) is 0 Å². The van der Waals surface area contributed by atoms with Gasteiger partial charge in [-0.05, 0) is 49.2 Å². The van der Waals surface area contributed by atoms with Crippen molar-refractivity contribution in [3.05, 3.63) is 66.5 Å². The maximum atomic E-state index is 5.91. The zero-order valence-corrected chi connectivity index (χ0v) is 18.2. The van der Waals surface area contributed by atoms with Crippen LogP contribution < -0.4 is 14.4 Å². The van der Waals surface area contributed by atoms with Gasteiger partial charge in [-0.15, -0.1) is 0 Å². The van der Waals surface area contributed by atoms with Crippen molar-refractivity contribution in [2.24, 2.45) is 0 Å². The average molecular weight is 422 g/mol. The van der Waals surface area contributed by atoms with Gasteiger partial charge in [0.2, 0.25) is 0 Å². The van der Waals surface area contributed by atoms with Crippen molar-refractivity contribution in [3.63, 3.8) is 0 Å². The summed E-state index contributed by atoms with van der Waals surface area (Å²) < 4.78 is 11.4. The molecule has 2 heterocycles. The van der Waals surface area contributed by atoms with E-state index < -0.39 is 0 Å². The molecule has 1 aliphatic heterocycles. The number of anilines is 1. The molecule has 4 rings (SSSR count). The van der Waals surface area contributed by atoms with E-state index in [1.54, 1.807) is 24.3 Å². The monoisotopic (exact) mass is 421 g/mol. The fourth-order valence-electron chi connectivity index (χ4n) is 3.91. The molecular formula is C24H31N5O2. The lowest BCUT2D eigenvalue weighted by atomic mass is 10.2. The second-order valence-corrected chi connectivity index (χ2v) is 7.76. The number of nitrogens with zero attached hydrogens (tertiary/aromatic N) is 5. The molecule has 0 radical (unpaired) electrons. The highest BCUT2D eigenvalue weighted by Crippen LogP contribution is 2.28. The standard InChI is InChI=1S/C24H31N5O2/c1-30-24-7-3-2-6-23(24)28-17-15-27(16-18-28)14-4-5-19-31-22-10-8-21(9-11-22)20-29-25-12-13-26-29/h2-3,6-13H,4-5,14-20H2,1H3. The van der Waals surface area contributed by atoms with Crippen LogP contribution in [0.4, 0.5) is 5.69 Å². The number of para-hydroxylation sites is 2. The Morgan fingerprint density at radius 3 is 2.35 bits per heavy atom. The second-order valence-electron chi connectivity index (χ2n) is 7.76. The van der Waals surface area contributed by atoms with Crippen LogP contribution in [0.1, 0.15) is 18.4 Å². The summed E-state index contributed by atoms with van der Waals surface area (Å²) in [6.07, 6.45) is 5.60. The molecule has 0 bridgehead atoms. The zero-order valence-electron chi connectivity index (χ0n) is 18.2. The number of rotatable bonds is 10. The van der Waals surface area contributed by atoms with Gasteiger partial charge >= 0.3 is 0 Å². The van der Waals surface area contributed by atoms with Crippen LogP contribution in [-0.4, -0.2) is 66.3 Å². The van der Waals surface area contributed by atoms with Gasteiger partial charge < -0.3 is 14.4 Å². The normalized spacial score (nSPS) is 14.5. The summed E-state index contributed by atoms with van der Waals surface area (Å²) in [5, 5.41) is 8.26. The number of hydrogen-bond donors (Lipinski definition) is 0. The highest BCUT2D eigenvalue weighted by molar-refractivity contribution is 5.58. The molecule has 7 heteroatoms. The molecule has 0 aliphatic carbocycles. The fraction of sp³-hybridized carbons (Fsp3) is 0.417. The summed E-state index contributed by atoms with van der Waals surface area (Å²) in [7, 11) is 1.74. The second kappa shape index (κ2) is 10.8. The van der Waals surface area contributed by atoms with E-state index >= 15 is 0 Å². The molecular weight excluding hydrogens is 390 g/mol. The molecule has 1 fully saturated rings. The maximum Gasteiger partial charge on any atom is 0.142 e. The van der Waals surface area contributed by atoms with Crippen LogP contribution in [0.3, 0.4) is 0 Å². The summed E-state index contributed by atoms with van der Waals surface area (Å²) in [6.45, 7) is 6.81. The van der Waals surface area contributed by atoms with Crippen LogP contribution in [0.2, 0.25) is 0 Å². The Labute approximate surface area is 184 Å². The summed E-state index contributed by atoms with van der Waals surface area (Å²) in [5.41, 5.74) is 2.36. The van der Waals surface area contributed by atoms with Crippen LogP contribution in [0.5, 0.6) is 11.5 Å². The smallest absolute Gasteiger partial charge is 0.142 e. The third kappa shape index (κ3) is 5.98. The van der Waals surface area contributed by atoms with E-state index in [4.69, 9.17) is 9.47 Å². The van der Waals surface area contributed by atoms with E-state index in [-0.39, 0.29) is 0 Å². The van der Waals surface area contributed by atoms with Crippen molar-refractivity contribution in [2.45, 2.75) is 19.4 Å². The largest absolute Gasteiger partial charge is 0.495 e. The highest BCUT2D eigenvalue weighted by Gasteiger charge is 2.19. The third-order valence-corrected chi connectivity index (χ3v) is 5.65. The molecule has 0 unspecified atom stereocenters. The molecule has 31 heavy (non-hydrogen) atoms. The van der Waals surface area contributed by atoms with Crippen molar-refractivity contribution in [1.82, 2.24) is 19.9 Å². The molecule has 7 nitrogen and oxygen atoms in total. The van der Waals surface area contributed by atoms with Crippen LogP contribution in [-0.2, 0) is 6.54 Å². The first-order chi connectivity index (χ1) is 15.3. The Balaban J connectivity index is 1.11. The first kappa shape index (κ1) is 21.2. The van der Waals surface area contributed by atoms with E-state index in [2.05, 4.69) is 44.3 Å². The first-order valence-corrected chi connectivity index (χ1v) is 11.0. The Kier molecular flexibility index (Phi) is 7.39. The molecule has 1 saturated heterocycles. The third-order valence-electron chi connectivity index (χ3n) is 5.65. The predicted octanol–water partition coefficient (Wildman–Crippen LogP) is 3.32.